The predicted molar refractivity (Wildman–Crippen MR) is 68.4 cm³/mol. The van der Waals surface area contributed by atoms with Gasteiger partial charge in [-0.1, -0.05) is 47.9 Å². The summed E-state index contributed by atoms with van der Waals surface area (Å²) in [5, 5.41) is 0. The summed E-state index contributed by atoms with van der Waals surface area (Å²) < 4.78 is 0. The number of hydrogen-bond donors (Lipinski definition) is 0. The van der Waals surface area contributed by atoms with Crippen molar-refractivity contribution in [1.82, 2.24) is 0 Å². The van der Waals surface area contributed by atoms with E-state index in [1.807, 2.05) is 0 Å². The minimum absolute atomic E-state index is 0.549. The molecule has 0 bridgehead atoms. The number of rotatable bonds is 3. The lowest BCUT2D eigenvalue weighted by atomic mass is 9.61. The Bertz CT molecular complexity index is 401. The van der Waals surface area contributed by atoms with Gasteiger partial charge in [-0.3, -0.25) is 0 Å². The van der Waals surface area contributed by atoms with Crippen molar-refractivity contribution < 1.29 is 0 Å². The first-order valence-corrected chi connectivity index (χ1v) is 6.53. The molecule has 2 fully saturated rings. The van der Waals surface area contributed by atoms with Crippen molar-refractivity contribution in [3.63, 3.8) is 0 Å². The lowest BCUT2D eigenvalue weighted by Crippen LogP contribution is -2.33. The molecule has 0 saturated heterocycles. The van der Waals surface area contributed by atoms with Crippen molar-refractivity contribution in [2.75, 3.05) is 0 Å². The van der Waals surface area contributed by atoms with Gasteiger partial charge < -0.3 is 0 Å². The normalized spacial score (nSPS) is 21.4. The smallest absolute Gasteiger partial charge is 0.00478 e. The molecule has 0 nitrogen and oxygen atoms in total. The van der Waals surface area contributed by atoms with Crippen LogP contribution in [0.4, 0.5) is 0 Å². The average Bonchev–Trinajstić information content (AvgIpc) is 3.08. The Balaban J connectivity index is 1.84. The van der Waals surface area contributed by atoms with Gasteiger partial charge >= 0.3 is 0 Å². The summed E-state index contributed by atoms with van der Waals surface area (Å²) in [4.78, 5) is 0. The van der Waals surface area contributed by atoms with Crippen LogP contribution in [0, 0.1) is 5.41 Å². The molecule has 16 heavy (non-hydrogen) atoms. The maximum Gasteiger partial charge on any atom is -0.00478 e. The number of allylic oxidation sites excluding steroid dienone is 2. The van der Waals surface area contributed by atoms with E-state index >= 15 is 0 Å². The number of benzene rings is 1. The summed E-state index contributed by atoms with van der Waals surface area (Å²) in [5.41, 5.74) is 5.56. The topological polar surface area (TPSA) is 0 Å². The van der Waals surface area contributed by atoms with Crippen molar-refractivity contribution in [3.05, 3.63) is 47.0 Å². The van der Waals surface area contributed by atoms with Crippen LogP contribution in [0.3, 0.4) is 0 Å². The molecular formula is C16H20. The van der Waals surface area contributed by atoms with Gasteiger partial charge in [0.2, 0.25) is 0 Å². The summed E-state index contributed by atoms with van der Waals surface area (Å²) in [5.74, 6) is 0. The molecule has 0 aromatic heterocycles. The molecule has 0 spiro atoms. The summed E-state index contributed by atoms with van der Waals surface area (Å²) >= 11 is 0. The minimum Gasteiger partial charge on any atom is -0.0701 e. The molecule has 2 saturated carbocycles. The zero-order chi connectivity index (χ0) is 11.0. The summed E-state index contributed by atoms with van der Waals surface area (Å²) in [6.07, 6.45) is 8.28. The van der Waals surface area contributed by atoms with Crippen LogP contribution < -0.4 is 0 Å². The van der Waals surface area contributed by atoms with Gasteiger partial charge in [-0.05, 0) is 50.0 Å². The third-order valence-electron chi connectivity index (χ3n) is 4.52. The van der Waals surface area contributed by atoms with E-state index in [0.29, 0.717) is 5.41 Å². The van der Waals surface area contributed by atoms with Gasteiger partial charge in [-0.15, -0.1) is 0 Å². The van der Waals surface area contributed by atoms with Gasteiger partial charge in [0.25, 0.3) is 0 Å². The molecule has 1 aromatic carbocycles. The Hall–Kier alpha value is -1.04. The molecule has 0 heterocycles. The van der Waals surface area contributed by atoms with Crippen LogP contribution in [0.1, 0.15) is 44.6 Å². The molecule has 0 aliphatic heterocycles. The summed E-state index contributed by atoms with van der Waals surface area (Å²) in [6.45, 7) is 2.39. The highest BCUT2D eigenvalue weighted by Crippen LogP contribution is 2.53. The zero-order valence-corrected chi connectivity index (χ0v) is 10.1. The highest BCUT2D eigenvalue weighted by atomic mass is 14.4. The fraction of sp³-hybridized carbons (Fsp3) is 0.500. The lowest BCUT2D eigenvalue weighted by Gasteiger charge is -2.43. The molecule has 0 radical (unpaired) electrons. The van der Waals surface area contributed by atoms with Gasteiger partial charge in [0.15, 0.2) is 0 Å². The van der Waals surface area contributed by atoms with Crippen molar-refractivity contribution in [2.45, 2.75) is 45.4 Å². The van der Waals surface area contributed by atoms with Crippen LogP contribution in [0.2, 0.25) is 0 Å². The molecule has 2 aliphatic carbocycles. The van der Waals surface area contributed by atoms with E-state index in [9.17, 15) is 0 Å². The van der Waals surface area contributed by atoms with Gasteiger partial charge in [-0.2, -0.15) is 0 Å². The second-order valence-electron chi connectivity index (χ2n) is 5.52. The summed E-state index contributed by atoms with van der Waals surface area (Å²) in [6, 6.07) is 11.0. The second-order valence-corrected chi connectivity index (χ2v) is 5.52. The van der Waals surface area contributed by atoms with E-state index in [2.05, 4.69) is 37.3 Å². The molecule has 0 unspecified atom stereocenters. The Morgan fingerprint density at radius 3 is 2.31 bits per heavy atom. The third kappa shape index (κ3) is 1.71. The quantitative estimate of drug-likeness (QED) is 0.647. The van der Waals surface area contributed by atoms with E-state index in [1.165, 1.54) is 44.1 Å². The first-order chi connectivity index (χ1) is 7.80. The van der Waals surface area contributed by atoms with E-state index in [-0.39, 0.29) is 0 Å². The maximum atomic E-state index is 2.39. The van der Waals surface area contributed by atoms with Crippen molar-refractivity contribution in [3.8, 4) is 0 Å². The number of hydrogen-bond acceptors (Lipinski definition) is 0. The van der Waals surface area contributed by atoms with Crippen LogP contribution >= 0.6 is 0 Å². The molecule has 0 amide bonds. The first-order valence-electron chi connectivity index (χ1n) is 6.53. The van der Waals surface area contributed by atoms with Crippen molar-refractivity contribution in [1.29, 1.82) is 0 Å². The highest BCUT2D eigenvalue weighted by molar-refractivity contribution is 5.33. The molecule has 0 N–H and O–H groups in total. The van der Waals surface area contributed by atoms with E-state index in [0.717, 1.165) is 0 Å². The van der Waals surface area contributed by atoms with E-state index < -0.39 is 0 Å². The van der Waals surface area contributed by atoms with Crippen LogP contribution in [-0.4, -0.2) is 0 Å². The highest BCUT2D eigenvalue weighted by Gasteiger charge is 2.40. The predicted octanol–water partition coefficient (Wildman–Crippen LogP) is 4.51. The Morgan fingerprint density at radius 2 is 1.81 bits per heavy atom. The largest absolute Gasteiger partial charge is 0.0701 e. The van der Waals surface area contributed by atoms with Gasteiger partial charge in [0.05, 0.1) is 0 Å². The Labute approximate surface area is 98.4 Å². The van der Waals surface area contributed by atoms with Crippen LogP contribution in [-0.2, 0) is 6.42 Å². The Morgan fingerprint density at radius 1 is 1.12 bits per heavy atom. The average molecular weight is 212 g/mol. The lowest BCUT2D eigenvalue weighted by molar-refractivity contribution is 0.184. The minimum atomic E-state index is 0.549. The monoisotopic (exact) mass is 212 g/mol. The van der Waals surface area contributed by atoms with Crippen LogP contribution in [0.25, 0.3) is 0 Å². The van der Waals surface area contributed by atoms with E-state index in [4.69, 9.17) is 0 Å². The Kier molecular flexibility index (Phi) is 2.38. The molecule has 0 atom stereocenters. The van der Waals surface area contributed by atoms with Crippen LogP contribution in [0.15, 0.2) is 41.5 Å². The molecule has 0 heteroatoms. The van der Waals surface area contributed by atoms with E-state index in [1.54, 1.807) is 11.1 Å². The standard InChI is InChI=1S/C16H20/c1-13(15-8-9-15)16(10-5-11-16)12-14-6-3-2-4-7-14/h2-4,6-7H,5,8-12H2,1H3. The fourth-order valence-corrected chi connectivity index (χ4v) is 3.09. The van der Waals surface area contributed by atoms with Crippen molar-refractivity contribution in [2.24, 2.45) is 5.41 Å². The second kappa shape index (κ2) is 3.76. The van der Waals surface area contributed by atoms with Crippen LogP contribution in [0.5, 0.6) is 0 Å². The SMILES string of the molecule is CC(=C1CC1)C1(Cc2ccccc2)CCC1. The molecule has 3 rings (SSSR count). The molecule has 1 aromatic rings. The van der Waals surface area contributed by atoms with Gasteiger partial charge in [0.1, 0.15) is 0 Å². The maximum absolute atomic E-state index is 2.39. The zero-order valence-electron chi connectivity index (χ0n) is 10.1. The molecule has 2 aliphatic rings. The first kappa shape index (κ1) is 10.1. The molecular weight excluding hydrogens is 192 g/mol. The van der Waals surface area contributed by atoms with Gasteiger partial charge in [-0.25, -0.2) is 0 Å². The summed E-state index contributed by atoms with van der Waals surface area (Å²) in [7, 11) is 0. The van der Waals surface area contributed by atoms with Crippen molar-refractivity contribution >= 4 is 0 Å². The third-order valence-corrected chi connectivity index (χ3v) is 4.52. The molecule has 84 valence electrons. The fourth-order valence-electron chi connectivity index (χ4n) is 3.09. The van der Waals surface area contributed by atoms with Gasteiger partial charge in [0, 0.05) is 0 Å².